The highest BCUT2D eigenvalue weighted by atomic mass is 16.2. The number of para-hydroxylation sites is 2. The predicted octanol–water partition coefficient (Wildman–Crippen LogP) is 0.108. The summed E-state index contributed by atoms with van der Waals surface area (Å²) in [6, 6.07) is 7.16. The van der Waals surface area contributed by atoms with E-state index in [0.29, 0.717) is 17.9 Å². The molecule has 98 valence electrons. The van der Waals surface area contributed by atoms with Crippen LogP contribution in [0.3, 0.4) is 0 Å². The van der Waals surface area contributed by atoms with Crippen LogP contribution < -0.4 is 15.5 Å². The first-order chi connectivity index (χ1) is 9.15. The molecule has 0 aliphatic carbocycles. The van der Waals surface area contributed by atoms with Crippen molar-refractivity contribution in [1.82, 2.24) is 5.32 Å². The van der Waals surface area contributed by atoms with Crippen LogP contribution in [0.1, 0.15) is 6.42 Å². The van der Waals surface area contributed by atoms with Crippen LogP contribution >= 0.6 is 0 Å². The molecular formula is C13H13N3O3. The van der Waals surface area contributed by atoms with Gasteiger partial charge in [0.05, 0.1) is 17.3 Å². The van der Waals surface area contributed by atoms with Gasteiger partial charge >= 0.3 is 0 Å². The molecule has 1 atom stereocenters. The van der Waals surface area contributed by atoms with E-state index in [2.05, 4.69) is 10.6 Å². The summed E-state index contributed by atoms with van der Waals surface area (Å²) in [7, 11) is 0. The summed E-state index contributed by atoms with van der Waals surface area (Å²) in [6.45, 7) is 0.346. The van der Waals surface area contributed by atoms with Gasteiger partial charge in [-0.3, -0.25) is 14.4 Å². The predicted molar refractivity (Wildman–Crippen MR) is 68.5 cm³/mol. The summed E-state index contributed by atoms with van der Waals surface area (Å²) in [5.41, 5.74) is 1.32. The second-order valence-corrected chi connectivity index (χ2v) is 4.69. The molecule has 1 saturated heterocycles. The summed E-state index contributed by atoms with van der Waals surface area (Å²) in [5, 5.41) is 5.37. The first kappa shape index (κ1) is 11.7. The molecule has 19 heavy (non-hydrogen) atoms. The number of benzene rings is 1. The molecule has 6 heteroatoms. The first-order valence-electron chi connectivity index (χ1n) is 6.12. The van der Waals surface area contributed by atoms with Crippen LogP contribution in [0.5, 0.6) is 0 Å². The molecule has 1 aromatic rings. The molecule has 1 unspecified atom stereocenters. The minimum atomic E-state index is -0.383. The molecule has 1 fully saturated rings. The molecule has 3 amide bonds. The molecule has 1 aromatic carbocycles. The molecule has 0 spiro atoms. The Kier molecular flexibility index (Phi) is 2.70. The highest BCUT2D eigenvalue weighted by molar-refractivity contribution is 6.11. The average molecular weight is 259 g/mol. The fourth-order valence-corrected chi connectivity index (χ4v) is 2.43. The number of carbonyl (C=O) groups is 3. The van der Waals surface area contributed by atoms with Crippen LogP contribution in [0.25, 0.3) is 0 Å². The van der Waals surface area contributed by atoms with Crippen molar-refractivity contribution < 1.29 is 14.4 Å². The Morgan fingerprint density at radius 1 is 1.21 bits per heavy atom. The van der Waals surface area contributed by atoms with Crippen LogP contribution in [-0.4, -0.2) is 30.8 Å². The van der Waals surface area contributed by atoms with Crippen molar-refractivity contribution in [2.45, 2.75) is 6.42 Å². The summed E-state index contributed by atoms with van der Waals surface area (Å²) in [4.78, 5) is 36.7. The van der Waals surface area contributed by atoms with Gasteiger partial charge in [0.1, 0.15) is 6.54 Å². The zero-order valence-electron chi connectivity index (χ0n) is 10.2. The van der Waals surface area contributed by atoms with Crippen molar-refractivity contribution in [2.24, 2.45) is 5.92 Å². The van der Waals surface area contributed by atoms with E-state index in [4.69, 9.17) is 0 Å². The van der Waals surface area contributed by atoms with Crippen LogP contribution in [0.4, 0.5) is 11.4 Å². The van der Waals surface area contributed by atoms with E-state index in [1.54, 1.807) is 18.2 Å². The van der Waals surface area contributed by atoms with Gasteiger partial charge in [-0.1, -0.05) is 12.1 Å². The largest absolute Gasteiger partial charge is 0.355 e. The van der Waals surface area contributed by atoms with Crippen molar-refractivity contribution in [3.05, 3.63) is 24.3 Å². The third-order valence-electron chi connectivity index (χ3n) is 3.36. The maximum Gasteiger partial charge on any atom is 0.244 e. The van der Waals surface area contributed by atoms with Crippen LogP contribution in [0, 0.1) is 5.92 Å². The zero-order valence-corrected chi connectivity index (χ0v) is 10.2. The first-order valence-corrected chi connectivity index (χ1v) is 6.12. The maximum absolute atomic E-state index is 12.4. The fraction of sp³-hybridized carbons (Fsp3) is 0.308. The van der Waals surface area contributed by atoms with Gasteiger partial charge in [0.15, 0.2) is 0 Å². The Morgan fingerprint density at radius 3 is 2.74 bits per heavy atom. The van der Waals surface area contributed by atoms with Crippen molar-refractivity contribution in [3.63, 3.8) is 0 Å². The van der Waals surface area contributed by atoms with Crippen molar-refractivity contribution in [3.8, 4) is 0 Å². The zero-order chi connectivity index (χ0) is 13.4. The summed E-state index contributed by atoms with van der Waals surface area (Å²) >= 11 is 0. The lowest BCUT2D eigenvalue weighted by atomic mass is 10.1. The average Bonchev–Trinajstić information content (AvgIpc) is 2.83. The smallest absolute Gasteiger partial charge is 0.244 e. The van der Waals surface area contributed by atoms with E-state index in [0.717, 1.165) is 0 Å². The molecule has 2 aliphatic heterocycles. The summed E-state index contributed by atoms with van der Waals surface area (Å²) in [6.07, 6.45) is 0.194. The highest BCUT2D eigenvalue weighted by Gasteiger charge is 2.35. The normalized spacial score (nSPS) is 21.7. The third-order valence-corrected chi connectivity index (χ3v) is 3.36. The second kappa shape index (κ2) is 4.38. The van der Waals surface area contributed by atoms with Gasteiger partial charge in [0.25, 0.3) is 0 Å². The van der Waals surface area contributed by atoms with Crippen LogP contribution in [0.15, 0.2) is 24.3 Å². The topological polar surface area (TPSA) is 78.5 Å². The van der Waals surface area contributed by atoms with Crippen molar-refractivity contribution in [1.29, 1.82) is 0 Å². The number of anilines is 2. The maximum atomic E-state index is 12.4. The molecule has 2 aliphatic rings. The molecular weight excluding hydrogens is 246 g/mol. The van der Waals surface area contributed by atoms with E-state index in [1.807, 2.05) is 6.07 Å². The number of nitrogens with zero attached hydrogens (tertiary/aromatic N) is 1. The third kappa shape index (κ3) is 2.05. The fourth-order valence-electron chi connectivity index (χ4n) is 2.43. The lowest BCUT2D eigenvalue weighted by molar-refractivity contribution is -0.125. The quantitative estimate of drug-likeness (QED) is 0.751. The molecule has 2 N–H and O–H groups in total. The molecule has 0 aromatic heterocycles. The lowest BCUT2D eigenvalue weighted by Crippen LogP contribution is -2.45. The number of nitrogens with one attached hydrogen (secondary N) is 2. The van der Waals surface area contributed by atoms with Gasteiger partial charge in [-0.15, -0.1) is 0 Å². The number of rotatable bonds is 1. The standard InChI is InChI=1S/C13H13N3O3/c17-11-5-8(6-14-11)13(19)16-7-12(18)15-9-3-1-2-4-10(9)16/h1-4,8H,5-7H2,(H,14,17)(H,15,18). The van der Waals surface area contributed by atoms with Gasteiger partial charge in [-0.25, -0.2) is 0 Å². The van der Waals surface area contributed by atoms with Crippen molar-refractivity contribution in [2.75, 3.05) is 23.3 Å². The highest BCUT2D eigenvalue weighted by Crippen LogP contribution is 2.30. The van der Waals surface area contributed by atoms with Gasteiger partial charge in [-0.05, 0) is 12.1 Å². The van der Waals surface area contributed by atoms with E-state index in [-0.39, 0.29) is 36.6 Å². The van der Waals surface area contributed by atoms with E-state index in [1.165, 1.54) is 4.90 Å². The summed E-state index contributed by atoms with van der Waals surface area (Å²) < 4.78 is 0. The van der Waals surface area contributed by atoms with E-state index in [9.17, 15) is 14.4 Å². The van der Waals surface area contributed by atoms with Crippen molar-refractivity contribution >= 4 is 29.1 Å². The lowest BCUT2D eigenvalue weighted by Gasteiger charge is -2.30. The molecule has 2 heterocycles. The second-order valence-electron chi connectivity index (χ2n) is 4.69. The van der Waals surface area contributed by atoms with Crippen LogP contribution in [0.2, 0.25) is 0 Å². The van der Waals surface area contributed by atoms with Gasteiger partial charge < -0.3 is 15.5 Å². The Hall–Kier alpha value is -2.37. The van der Waals surface area contributed by atoms with Crippen LogP contribution in [-0.2, 0) is 14.4 Å². The number of hydrogen-bond acceptors (Lipinski definition) is 3. The molecule has 0 saturated carbocycles. The molecule has 6 nitrogen and oxygen atoms in total. The Bertz CT molecular complexity index is 570. The van der Waals surface area contributed by atoms with Gasteiger partial charge in [0, 0.05) is 13.0 Å². The molecule has 0 radical (unpaired) electrons. The van der Waals surface area contributed by atoms with E-state index < -0.39 is 0 Å². The SMILES string of the molecule is O=C1CC(C(=O)N2CC(=O)Nc3ccccc32)CN1. The number of fused-ring (bicyclic) bond motifs is 1. The summed E-state index contributed by atoms with van der Waals surface area (Å²) in [5.74, 6) is -0.899. The molecule has 0 bridgehead atoms. The number of amides is 3. The van der Waals surface area contributed by atoms with E-state index >= 15 is 0 Å². The van der Waals surface area contributed by atoms with Gasteiger partial charge in [0.2, 0.25) is 17.7 Å². The minimum absolute atomic E-state index is 0.000533. The number of hydrogen-bond donors (Lipinski definition) is 2. The molecule has 3 rings (SSSR count). The van der Waals surface area contributed by atoms with Gasteiger partial charge in [-0.2, -0.15) is 0 Å². The Morgan fingerprint density at radius 2 is 2.00 bits per heavy atom. The number of carbonyl (C=O) groups excluding carboxylic acids is 3. The Balaban J connectivity index is 1.90. The Labute approximate surface area is 109 Å². The monoisotopic (exact) mass is 259 g/mol. The minimum Gasteiger partial charge on any atom is -0.355 e.